The molecule has 84 valence electrons. The largest absolute Gasteiger partial charge is 0.459 e. The van der Waals surface area contributed by atoms with Crippen LogP contribution in [-0.2, 0) is 0 Å². The minimum absolute atomic E-state index is 0.0242. The van der Waals surface area contributed by atoms with Crippen molar-refractivity contribution in [1.29, 1.82) is 0 Å². The number of nitrogens with one attached hydrogen (secondary N) is 1. The molecule has 1 aromatic rings. The van der Waals surface area contributed by atoms with E-state index in [4.69, 9.17) is 16.0 Å². The molecule has 4 heteroatoms. The zero-order valence-electron chi connectivity index (χ0n) is 9.00. The Morgan fingerprint density at radius 1 is 1.60 bits per heavy atom. The van der Waals surface area contributed by atoms with Crippen LogP contribution >= 0.6 is 11.6 Å². The SMILES string of the molecule is CC(C)CC(Cl)CNC(=O)c1ccco1. The molecule has 0 radical (unpaired) electrons. The van der Waals surface area contributed by atoms with Crippen LogP contribution in [0.4, 0.5) is 0 Å². The van der Waals surface area contributed by atoms with Gasteiger partial charge in [-0.3, -0.25) is 4.79 Å². The molecule has 0 spiro atoms. The van der Waals surface area contributed by atoms with Crippen molar-refractivity contribution in [3.05, 3.63) is 24.2 Å². The fourth-order valence-electron chi connectivity index (χ4n) is 1.29. The topological polar surface area (TPSA) is 42.2 Å². The molecule has 1 heterocycles. The number of halogens is 1. The lowest BCUT2D eigenvalue weighted by Gasteiger charge is -2.12. The fraction of sp³-hybridized carbons (Fsp3) is 0.545. The smallest absolute Gasteiger partial charge is 0.287 e. The van der Waals surface area contributed by atoms with E-state index in [2.05, 4.69) is 19.2 Å². The van der Waals surface area contributed by atoms with Gasteiger partial charge in [-0.25, -0.2) is 0 Å². The fourth-order valence-corrected chi connectivity index (χ4v) is 1.73. The van der Waals surface area contributed by atoms with E-state index in [0.29, 0.717) is 18.2 Å². The molecule has 0 aliphatic carbocycles. The summed E-state index contributed by atoms with van der Waals surface area (Å²) in [7, 11) is 0. The van der Waals surface area contributed by atoms with E-state index >= 15 is 0 Å². The minimum Gasteiger partial charge on any atom is -0.459 e. The standard InChI is InChI=1S/C11H16ClNO2/c1-8(2)6-9(12)7-13-11(14)10-4-3-5-15-10/h3-5,8-9H,6-7H2,1-2H3,(H,13,14). The number of hydrogen-bond donors (Lipinski definition) is 1. The highest BCUT2D eigenvalue weighted by molar-refractivity contribution is 6.20. The number of carbonyl (C=O) groups excluding carboxylic acids is 1. The number of hydrogen-bond acceptors (Lipinski definition) is 2. The van der Waals surface area contributed by atoms with Crippen LogP contribution in [0.5, 0.6) is 0 Å². The molecule has 0 bridgehead atoms. The predicted octanol–water partition coefficient (Wildman–Crippen LogP) is 2.66. The molecular weight excluding hydrogens is 214 g/mol. The summed E-state index contributed by atoms with van der Waals surface area (Å²) in [4.78, 5) is 11.4. The Morgan fingerprint density at radius 2 is 2.33 bits per heavy atom. The molecule has 1 N–H and O–H groups in total. The highest BCUT2D eigenvalue weighted by atomic mass is 35.5. The van der Waals surface area contributed by atoms with E-state index in [1.807, 2.05) is 0 Å². The lowest BCUT2D eigenvalue weighted by atomic mass is 10.1. The maximum Gasteiger partial charge on any atom is 0.287 e. The molecule has 0 aliphatic heterocycles. The van der Waals surface area contributed by atoms with Crippen molar-refractivity contribution in [1.82, 2.24) is 5.32 Å². The number of rotatable bonds is 5. The van der Waals surface area contributed by atoms with E-state index in [0.717, 1.165) is 6.42 Å². The van der Waals surface area contributed by atoms with Crippen molar-refractivity contribution >= 4 is 17.5 Å². The molecule has 3 nitrogen and oxygen atoms in total. The maximum absolute atomic E-state index is 11.4. The van der Waals surface area contributed by atoms with E-state index in [1.165, 1.54) is 6.26 Å². The lowest BCUT2D eigenvalue weighted by molar-refractivity contribution is 0.0925. The summed E-state index contributed by atoms with van der Waals surface area (Å²) in [6.07, 6.45) is 2.36. The maximum atomic E-state index is 11.4. The van der Waals surface area contributed by atoms with Crippen LogP contribution in [0.15, 0.2) is 22.8 Å². The first-order valence-corrected chi connectivity index (χ1v) is 5.49. The average molecular weight is 230 g/mol. The monoisotopic (exact) mass is 229 g/mol. The average Bonchev–Trinajstić information content (AvgIpc) is 2.65. The van der Waals surface area contributed by atoms with Gasteiger partial charge in [0.05, 0.1) is 11.6 Å². The summed E-state index contributed by atoms with van der Waals surface area (Å²) in [5.41, 5.74) is 0. The molecule has 1 amide bonds. The molecule has 0 fully saturated rings. The molecule has 1 aromatic heterocycles. The van der Waals surface area contributed by atoms with Crippen molar-refractivity contribution in [3.63, 3.8) is 0 Å². The molecule has 0 saturated heterocycles. The van der Waals surface area contributed by atoms with Gasteiger partial charge in [-0.15, -0.1) is 11.6 Å². The number of alkyl halides is 1. The second-order valence-corrected chi connectivity index (χ2v) is 4.53. The van der Waals surface area contributed by atoms with Gasteiger partial charge in [-0.1, -0.05) is 13.8 Å². The van der Waals surface area contributed by atoms with Crippen LogP contribution in [0.1, 0.15) is 30.8 Å². The van der Waals surface area contributed by atoms with E-state index in [-0.39, 0.29) is 11.3 Å². The van der Waals surface area contributed by atoms with Gasteiger partial charge in [-0.2, -0.15) is 0 Å². The molecular formula is C11H16ClNO2. The van der Waals surface area contributed by atoms with Crippen molar-refractivity contribution in [2.24, 2.45) is 5.92 Å². The predicted molar refractivity (Wildman–Crippen MR) is 60.1 cm³/mol. The zero-order chi connectivity index (χ0) is 11.3. The molecule has 0 saturated carbocycles. The summed E-state index contributed by atoms with van der Waals surface area (Å²) in [5.74, 6) is 0.644. The molecule has 15 heavy (non-hydrogen) atoms. The summed E-state index contributed by atoms with van der Waals surface area (Å²) in [6, 6.07) is 3.31. The van der Waals surface area contributed by atoms with Gasteiger partial charge in [0.25, 0.3) is 5.91 Å². The number of carbonyl (C=O) groups is 1. The molecule has 0 aromatic carbocycles. The van der Waals surface area contributed by atoms with Crippen molar-refractivity contribution in [2.45, 2.75) is 25.6 Å². The van der Waals surface area contributed by atoms with E-state index in [9.17, 15) is 4.79 Å². The molecule has 1 rings (SSSR count). The Bertz CT molecular complexity index is 296. The van der Waals surface area contributed by atoms with Gasteiger partial charge < -0.3 is 9.73 Å². The van der Waals surface area contributed by atoms with Crippen LogP contribution in [0.2, 0.25) is 0 Å². The normalized spacial score (nSPS) is 12.8. The Balaban J connectivity index is 2.28. The first-order valence-electron chi connectivity index (χ1n) is 5.05. The first kappa shape index (κ1) is 12.1. The minimum atomic E-state index is -0.214. The highest BCUT2D eigenvalue weighted by Crippen LogP contribution is 2.09. The van der Waals surface area contributed by atoms with Crippen LogP contribution in [0.3, 0.4) is 0 Å². The van der Waals surface area contributed by atoms with Crippen LogP contribution < -0.4 is 5.32 Å². The van der Waals surface area contributed by atoms with Gasteiger partial charge >= 0.3 is 0 Å². The summed E-state index contributed by atoms with van der Waals surface area (Å²) < 4.78 is 4.95. The summed E-state index contributed by atoms with van der Waals surface area (Å²) >= 11 is 6.04. The van der Waals surface area contributed by atoms with Crippen LogP contribution in [0, 0.1) is 5.92 Å². The Labute approximate surface area is 94.8 Å². The molecule has 1 atom stereocenters. The van der Waals surface area contributed by atoms with E-state index in [1.54, 1.807) is 12.1 Å². The van der Waals surface area contributed by atoms with Crippen molar-refractivity contribution in [3.8, 4) is 0 Å². The number of amides is 1. The van der Waals surface area contributed by atoms with Crippen molar-refractivity contribution in [2.75, 3.05) is 6.54 Å². The Morgan fingerprint density at radius 3 is 2.87 bits per heavy atom. The molecule has 1 unspecified atom stereocenters. The van der Waals surface area contributed by atoms with Crippen LogP contribution in [0.25, 0.3) is 0 Å². The third kappa shape index (κ3) is 4.38. The highest BCUT2D eigenvalue weighted by Gasteiger charge is 2.11. The quantitative estimate of drug-likeness (QED) is 0.789. The Kier molecular flexibility index (Phi) is 4.69. The van der Waals surface area contributed by atoms with Gasteiger partial charge in [0.15, 0.2) is 5.76 Å². The van der Waals surface area contributed by atoms with E-state index < -0.39 is 0 Å². The van der Waals surface area contributed by atoms with Gasteiger partial charge in [0.2, 0.25) is 0 Å². The second-order valence-electron chi connectivity index (χ2n) is 3.91. The molecule has 0 aliphatic rings. The van der Waals surface area contributed by atoms with Gasteiger partial charge in [-0.05, 0) is 24.5 Å². The third-order valence-corrected chi connectivity index (χ3v) is 2.29. The first-order chi connectivity index (χ1) is 7.09. The lowest BCUT2D eigenvalue weighted by Crippen LogP contribution is -2.30. The van der Waals surface area contributed by atoms with Gasteiger partial charge in [0.1, 0.15) is 0 Å². The van der Waals surface area contributed by atoms with Crippen LogP contribution in [-0.4, -0.2) is 17.8 Å². The number of furan rings is 1. The van der Waals surface area contributed by atoms with Crippen molar-refractivity contribution < 1.29 is 9.21 Å². The second kappa shape index (κ2) is 5.81. The summed E-state index contributed by atoms with van der Waals surface area (Å²) in [5, 5.41) is 2.70. The Hall–Kier alpha value is -0.960. The third-order valence-electron chi connectivity index (χ3n) is 1.96. The zero-order valence-corrected chi connectivity index (χ0v) is 9.75. The van der Waals surface area contributed by atoms with Gasteiger partial charge in [0, 0.05) is 6.54 Å². The summed E-state index contributed by atoms with van der Waals surface area (Å²) in [6.45, 7) is 4.67.